The van der Waals surface area contributed by atoms with E-state index < -0.39 is 22.9 Å². The van der Waals surface area contributed by atoms with Crippen molar-refractivity contribution < 1.29 is 18.7 Å². The van der Waals surface area contributed by atoms with Gasteiger partial charge < -0.3 is 14.6 Å². The summed E-state index contributed by atoms with van der Waals surface area (Å²) < 4.78 is 19.8. The molecule has 0 bridgehead atoms. The summed E-state index contributed by atoms with van der Waals surface area (Å²) >= 11 is 0. The van der Waals surface area contributed by atoms with Gasteiger partial charge in [0.25, 0.3) is 0 Å². The molecule has 1 amide bonds. The Bertz CT molecular complexity index is 1500. The Labute approximate surface area is 192 Å². The van der Waals surface area contributed by atoms with E-state index in [1.807, 2.05) is 6.07 Å². The molecular weight excluding hydrogens is 439 g/mol. The molecule has 2 aromatic heterocycles. The number of halogens is 1. The van der Waals surface area contributed by atoms with Crippen LogP contribution in [0, 0.1) is 17.1 Å². The Kier molecular flexibility index (Phi) is 6.14. The van der Waals surface area contributed by atoms with Gasteiger partial charge in [-0.3, -0.25) is 14.4 Å². The van der Waals surface area contributed by atoms with Gasteiger partial charge in [0, 0.05) is 23.5 Å². The van der Waals surface area contributed by atoms with Crippen LogP contribution in [-0.4, -0.2) is 28.4 Å². The fraction of sp³-hybridized carbons (Fsp3) is 0.0800. The predicted molar refractivity (Wildman–Crippen MR) is 122 cm³/mol. The topological polar surface area (TPSA) is 114 Å². The minimum absolute atomic E-state index is 0.0431. The zero-order valence-corrected chi connectivity index (χ0v) is 17.9. The molecule has 9 heteroatoms. The van der Waals surface area contributed by atoms with E-state index in [0.29, 0.717) is 16.8 Å². The number of pyridine rings is 2. The smallest absolute Gasteiger partial charge is 0.244 e. The van der Waals surface area contributed by atoms with Gasteiger partial charge >= 0.3 is 0 Å². The summed E-state index contributed by atoms with van der Waals surface area (Å²) in [4.78, 5) is 43.1. The Balaban J connectivity index is 1.75. The maximum Gasteiger partial charge on any atom is 0.244 e. The van der Waals surface area contributed by atoms with Crippen LogP contribution in [0.1, 0.15) is 21.5 Å². The maximum absolute atomic E-state index is 13.3. The van der Waals surface area contributed by atoms with Gasteiger partial charge in [0.15, 0.2) is 5.78 Å². The zero-order chi connectivity index (χ0) is 24.2. The number of benzene rings is 2. The highest BCUT2D eigenvalue weighted by atomic mass is 19.1. The molecule has 4 aromatic rings. The average Bonchev–Trinajstić information content (AvgIpc) is 2.86. The molecule has 168 valence electrons. The number of nitriles is 1. The first-order valence-corrected chi connectivity index (χ1v) is 10.1. The minimum atomic E-state index is -0.632. The fourth-order valence-electron chi connectivity index (χ4n) is 3.39. The number of carbonyl (C=O) groups is 2. The number of ketones is 1. The summed E-state index contributed by atoms with van der Waals surface area (Å²) in [6.07, 6.45) is 1.29. The summed E-state index contributed by atoms with van der Waals surface area (Å²) in [5.74, 6) is -1.40. The molecule has 2 heterocycles. The third-order valence-electron chi connectivity index (χ3n) is 5.07. The van der Waals surface area contributed by atoms with Crippen molar-refractivity contribution in [2.24, 2.45) is 0 Å². The average molecular weight is 456 g/mol. The number of methoxy groups -OCH3 is 1. The second-order valence-electron chi connectivity index (χ2n) is 7.29. The molecule has 0 unspecified atom stereocenters. The molecule has 34 heavy (non-hydrogen) atoms. The third kappa shape index (κ3) is 4.52. The van der Waals surface area contributed by atoms with Crippen molar-refractivity contribution >= 4 is 28.4 Å². The lowest BCUT2D eigenvalue weighted by atomic mass is 10.0. The SMILES string of the molecule is COc1ccc2c(n1)c(=O)c(C(=O)c1ccc(F)cc1)cn2CC(=O)Nc1ccc(C#N)cc1. The van der Waals surface area contributed by atoms with E-state index >= 15 is 0 Å². The monoisotopic (exact) mass is 456 g/mol. The van der Waals surface area contributed by atoms with Crippen molar-refractivity contribution in [3.8, 4) is 11.9 Å². The molecule has 0 aliphatic heterocycles. The van der Waals surface area contributed by atoms with Crippen molar-refractivity contribution in [1.29, 1.82) is 5.26 Å². The van der Waals surface area contributed by atoms with E-state index in [9.17, 15) is 18.8 Å². The van der Waals surface area contributed by atoms with Crippen molar-refractivity contribution in [3.05, 3.63) is 99.6 Å². The van der Waals surface area contributed by atoms with Gasteiger partial charge in [0.05, 0.1) is 29.8 Å². The number of amides is 1. The largest absolute Gasteiger partial charge is 0.481 e. The number of anilines is 1. The van der Waals surface area contributed by atoms with Crippen LogP contribution < -0.4 is 15.5 Å². The Hall–Kier alpha value is -4.84. The van der Waals surface area contributed by atoms with Crippen LogP contribution in [-0.2, 0) is 11.3 Å². The summed E-state index contributed by atoms with van der Waals surface area (Å²) in [6, 6.07) is 16.2. The fourth-order valence-corrected chi connectivity index (χ4v) is 3.39. The molecule has 0 saturated carbocycles. The van der Waals surface area contributed by atoms with Crippen LogP contribution in [0.3, 0.4) is 0 Å². The number of hydrogen-bond acceptors (Lipinski definition) is 6. The van der Waals surface area contributed by atoms with Crippen LogP contribution in [0.25, 0.3) is 11.0 Å². The second-order valence-corrected chi connectivity index (χ2v) is 7.29. The van der Waals surface area contributed by atoms with Gasteiger partial charge in [-0.15, -0.1) is 0 Å². The van der Waals surface area contributed by atoms with Gasteiger partial charge in [-0.25, -0.2) is 9.37 Å². The van der Waals surface area contributed by atoms with Crippen LogP contribution >= 0.6 is 0 Å². The Morgan fingerprint density at radius 1 is 1.09 bits per heavy atom. The number of hydrogen-bond donors (Lipinski definition) is 1. The number of nitrogens with zero attached hydrogens (tertiary/aromatic N) is 3. The Morgan fingerprint density at radius 3 is 2.44 bits per heavy atom. The molecule has 0 fully saturated rings. The van der Waals surface area contributed by atoms with E-state index in [2.05, 4.69) is 10.3 Å². The lowest BCUT2D eigenvalue weighted by Crippen LogP contribution is -2.24. The molecule has 0 radical (unpaired) electrons. The minimum Gasteiger partial charge on any atom is -0.481 e. The van der Waals surface area contributed by atoms with E-state index in [-0.39, 0.29) is 29.1 Å². The van der Waals surface area contributed by atoms with E-state index in [1.54, 1.807) is 30.3 Å². The van der Waals surface area contributed by atoms with Gasteiger partial charge in [-0.2, -0.15) is 5.26 Å². The second kappa shape index (κ2) is 9.34. The van der Waals surface area contributed by atoms with Crippen LogP contribution in [0.15, 0.2) is 71.7 Å². The van der Waals surface area contributed by atoms with Crippen molar-refractivity contribution in [3.63, 3.8) is 0 Å². The summed E-state index contributed by atoms with van der Waals surface area (Å²) in [6.45, 7) is -0.228. The normalized spacial score (nSPS) is 10.5. The molecule has 8 nitrogen and oxygen atoms in total. The molecule has 0 saturated heterocycles. The van der Waals surface area contributed by atoms with E-state index in [0.717, 1.165) is 12.1 Å². The summed E-state index contributed by atoms with van der Waals surface area (Å²) in [7, 11) is 1.39. The molecular formula is C25H17FN4O4. The van der Waals surface area contributed by atoms with Crippen LogP contribution in [0.5, 0.6) is 5.88 Å². The molecule has 0 aliphatic rings. The highest BCUT2D eigenvalue weighted by Gasteiger charge is 2.20. The van der Waals surface area contributed by atoms with E-state index in [1.165, 1.54) is 36.1 Å². The lowest BCUT2D eigenvalue weighted by molar-refractivity contribution is -0.116. The van der Waals surface area contributed by atoms with Crippen molar-refractivity contribution in [2.45, 2.75) is 6.54 Å². The molecule has 0 atom stereocenters. The first-order valence-electron chi connectivity index (χ1n) is 10.1. The van der Waals surface area contributed by atoms with Gasteiger partial charge in [-0.05, 0) is 54.6 Å². The first kappa shape index (κ1) is 22.4. The highest BCUT2D eigenvalue weighted by molar-refractivity contribution is 6.10. The number of rotatable bonds is 6. The van der Waals surface area contributed by atoms with Crippen molar-refractivity contribution in [1.82, 2.24) is 9.55 Å². The highest BCUT2D eigenvalue weighted by Crippen LogP contribution is 2.18. The van der Waals surface area contributed by atoms with Gasteiger partial charge in [-0.1, -0.05) is 0 Å². The Morgan fingerprint density at radius 2 is 1.79 bits per heavy atom. The number of nitrogens with one attached hydrogen (secondary N) is 1. The lowest BCUT2D eigenvalue weighted by Gasteiger charge is -2.14. The maximum atomic E-state index is 13.3. The molecule has 1 N–H and O–H groups in total. The summed E-state index contributed by atoms with van der Waals surface area (Å²) in [5.41, 5.74) is 0.493. The number of ether oxygens (including phenoxy) is 1. The number of carbonyl (C=O) groups excluding carboxylic acids is 2. The zero-order valence-electron chi connectivity index (χ0n) is 17.9. The van der Waals surface area contributed by atoms with Crippen molar-refractivity contribution in [2.75, 3.05) is 12.4 Å². The first-order chi connectivity index (χ1) is 16.4. The number of aromatic nitrogens is 2. The molecule has 0 aliphatic carbocycles. The van der Waals surface area contributed by atoms with Crippen LogP contribution in [0.4, 0.5) is 10.1 Å². The van der Waals surface area contributed by atoms with Gasteiger partial charge in [0.2, 0.25) is 17.2 Å². The molecule has 2 aromatic carbocycles. The quantitative estimate of drug-likeness (QED) is 0.446. The predicted octanol–water partition coefficient (Wildman–Crippen LogP) is 3.29. The van der Waals surface area contributed by atoms with E-state index in [4.69, 9.17) is 10.00 Å². The standard InChI is InChI=1S/C25H17FN4O4/c1-34-22-11-10-20-23(29-22)25(33)19(24(32)16-4-6-17(26)7-5-16)13-30(20)14-21(31)28-18-8-2-15(12-27)3-9-18/h2-11,13H,14H2,1H3,(H,28,31). The number of fused-ring (bicyclic) bond motifs is 1. The third-order valence-corrected chi connectivity index (χ3v) is 5.07. The van der Waals surface area contributed by atoms with Crippen LogP contribution in [0.2, 0.25) is 0 Å². The molecule has 0 spiro atoms. The van der Waals surface area contributed by atoms with Gasteiger partial charge in [0.1, 0.15) is 17.9 Å². The summed E-state index contributed by atoms with van der Waals surface area (Å²) in [5, 5.41) is 11.6. The molecule has 4 rings (SSSR count).